The lowest BCUT2D eigenvalue weighted by Crippen LogP contribution is -1.56. The molecule has 0 aliphatic carbocycles. The van der Waals surface area contributed by atoms with E-state index in [4.69, 9.17) is 0 Å². The summed E-state index contributed by atoms with van der Waals surface area (Å²) in [5.41, 5.74) is 0. The van der Waals surface area contributed by atoms with Gasteiger partial charge in [-0.1, -0.05) is 0 Å². The fraction of sp³-hybridized carbons (Fsp3) is 0. The van der Waals surface area contributed by atoms with Crippen molar-refractivity contribution in [2.24, 2.45) is 0 Å². The molecule has 0 saturated heterocycles. The largest absolute Gasteiger partial charge is 0.0192 e. The highest BCUT2D eigenvalue weighted by atomic mass is 127. The minimum atomic E-state index is 1.89. The van der Waals surface area contributed by atoms with Crippen LogP contribution in [-0.2, 0) is 0 Å². The number of hydrogen-bond acceptors (Lipinski definition) is 0. The molecule has 0 bridgehead atoms. The highest BCUT2D eigenvalue weighted by Gasteiger charge is 1.58. The molecule has 0 amide bonds. The predicted octanol–water partition coefficient (Wildman–Crippen LogP) is 1.80. The molecule has 0 aliphatic rings. The summed E-state index contributed by atoms with van der Waals surface area (Å²) < 4.78 is 5.19. The first-order chi connectivity index (χ1) is 9.91. The Morgan fingerprint density at radius 3 is 0.550 bits per heavy atom. The Bertz CT molecular complexity index is 830. The van der Waals surface area contributed by atoms with Crippen LogP contribution in [0.4, 0.5) is 0 Å². The predicted molar refractivity (Wildman–Crippen MR) is 98.0 cm³/mol. The summed E-state index contributed by atoms with van der Waals surface area (Å²) in [6.45, 7) is 0. The molecule has 0 saturated carbocycles. The summed E-state index contributed by atoms with van der Waals surface area (Å²) in [5, 5.41) is 0. The average molecular weight is 470 g/mol. The highest BCUT2D eigenvalue weighted by molar-refractivity contribution is 14.1. The molecule has 0 aromatic carbocycles. The van der Waals surface area contributed by atoms with E-state index in [9.17, 15) is 0 Å². The minimum Gasteiger partial charge on any atom is -0.0162 e. The molecule has 0 nitrogen and oxygen atoms in total. The van der Waals surface area contributed by atoms with Gasteiger partial charge in [0.25, 0.3) is 0 Å². The van der Waals surface area contributed by atoms with E-state index in [1.165, 1.54) is 0 Å². The molecule has 0 spiro atoms. The summed E-state index contributed by atoms with van der Waals surface area (Å²) >= 11 is 3.79. The topological polar surface area (TPSA) is 0 Å². The summed E-state index contributed by atoms with van der Waals surface area (Å²) in [7, 11) is 0. The lowest BCUT2D eigenvalue weighted by Gasteiger charge is -1.56. The van der Waals surface area contributed by atoms with E-state index in [0.717, 1.165) is 0 Å². The maximum atomic E-state index is 2.60. The summed E-state index contributed by atoms with van der Waals surface area (Å²) in [5.74, 6) is 40.3. The van der Waals surface area contributed by atoms with Crippen molar-refractivity contribution in [1.29, 1.82) is 0 Å². The zero-order valence-corrected chi connectivity index (χ0v) is 14.1. The van der Waals surface area contributed by atoms with E-state index in [-0.39, 0.29) is 0 Å². The van der Waals surface area contributed by atoms with E-state index in [2.05, 4.69) is 103 Å². The Morgan fingerprint density at radius 2 is 0.400 bits per heavy atom. The van der Waals surface area contributed by atoms with Gasteiger partial charge in [0.1, 0.15) is 0 Å². The summed E-state index contributed by atoms with van der Waals surface area (Å²) in [6, 6.07) is 0. The molecule has 20 heavy (non-hydrogen) atoms. The van der Waals surface area contributed by atoms with Crippen molar-refractivity contribution < 1.29 is 0 Å². The maximum absolute atomic E-state index is 2.60. The zero-order chi connectivity index (χ0) is 14.7. The van der Waals surface area contributed by atoms with Crippen LogP contribution >= 0.6 is 45.2 Å². The Morgan fingerprint density at radius 1 is 0.250 bits per heavy atom. The van der Waals surface area contributed by atoms with Gasteiger partial charge in [0, 0.05) is 45.2 Å². The van der Waals surface area contributed by atoms with Crippen molar-refractivity contribution in [3.63, 3.8) is 0 Å². The molecule has 0 unspecified atom stereocenters. The fourth-order valence-corrected chi connectivity index (χ4v) is 0.754. The quantitative estimate of drug-likeness (QED) is 0.375. The highest BCUT2D eigenvalue weighted by Crippen LogP contribution is 1.67. The van der Waals surface area contributed by atoms with Crippen LogP contribution in [0.15, 0.2) is 0 Å². The number of rotatable bonds is 0. The van der Waals surface area contributed by atoms with Crippen molar-refractivity contribution >= 4 is 45.2 Å². The smallest absolute Gasteiger partial charge is 0.0162 e. The van der Waals surface area contributed by atoms with Gasteiger partial charge in [0.2, 0.25) is 0 Å². The van der Waals surface area contributed by atoms with Crippen LogP contribution in [0.1, 0.15) is 0 Å². The van der Waals surface area contributed by atoms with Crippen LogP contribution in [0.25, 0.3) is 0 Å². The fourth-order valence-electron chi connectivity index (χ4n) is 0.485. The van der Waals surface area contributed by atoms with E-state index in [1.807, 2.05) is 45.2 Å². The van der Waals surface area contributed by atoms with Crippen LogP contribution < -0.4 is 0 Å². The monoisotopic (exact) mass is 470 g/mol. The van der Waals surface area contributed by atoms with Gasteiger partial charge >= 0.3 is 0 Å². The van der Waals surface area contributed by atoms with Gasteiger partial charge in [0.15, 0.2) is 0 Å². The Labute approximate surface area is 146 Å². The van der Waals surface area contributed by atoms with Crippen molar-refractivity contribution in [3.05, 3.63) is 0 Å². The molecule has 86 valence electrons. The van der Waals surface area contributed by atoms with Crippen molar-refractivity contribution in [3.8, 4) is 103 Å². The van der Waals surface area contributed by atoms with Gasteiger partial charge in [0.05, 0.1) is 0 Å². The Hall–Kier alpha value is -2.50. The molecule has 0 fully saturated rings. The van der Waals surface area contributed by atoms with Gasteiger partial charge in [-0.05, 0) is 103 Å². The van der Waals surface area contributed by atoms with Crippen LogP contribution in [0, 0.1) is 103 Å². The zero-order valence-electron chi connectivity index (χ0n) is 9.76. The first-order valence-corrected chi connectivity index (χ1v) is 6.79. The molecule has 0 aromatic rings. The third-order valence-electron chi connectivity index (χ3n) is 1.03. The molecular weight excluding hydrogens is 470 g/mol. The molecule has 2 heteroatoms. The first kappa shape index (κ1) is 17.5. The third kappa shape index (κ3) is 15.5. The van der Waals surface area contributed by atoms with Gasteiger partial charge < -0.3 is 0 Å². The summed E-state index contributed by atoms with van der Waals surface area (Å²) in [6.07, 6.45) is 0. The van der Waals surface area contributed by atoms with Gasteiger partial charge in [-0.15, -0.1) is 0 Å². The van der Waals surface area contributed by atoms with Crippen LogP contribution in [0.5, 0.6) is 0 Å². The molecular formula is C18I2. The molecule has 0 aromatic heterocycles. The lowest BCUT2D eigenvalue weighted by molar-refractivity contribution is 2.33. The van der Waals surface area contributed by atoms with Crippen LogP contribution in [0.3, 0.4) is 0 Å². The first-order valence-electron chi connectivity index (χ1n) is 4.63. The second-order valence-corrected chi connectivity index (χ2v) is 3.27. The van der Waals surface area contributed by atoms with Gasteiger partial charge in [-0.2, -0.15) is 0 Å². The lowest BCUT2D eigenvalue weighted by atomic mass is 10.5. The van der Waals surface area contributed by atoms with Crippen LogP contribution in [-0.4, -0.2) is 0 Å². The van der Waals surface area contributed by atoms with Crippen molar-refractivity contribution in [1.82, 2.24) is 0 Å². The second-order valence-electron chi connectivity index (χ2n) is 2.19. The SMILES string of the molecule is IC#CC#CC#CC#CC#CC#CC#CC#CC#CI. The van der Waals surface area contributed by atoms with Crippen molar-refractivity contribution in [2.75, 3.05) is 0 Å². The Kier molecular flexibility index (Phi) is 14.4. The molecule has 0 radical (unpaired) electrons. The van der Waals surface area contributed by atoms with E-state index < -0.39 is 0 Å². The molecule has 0 N–H and O–H groups in total. The Balaban J connectivity index is 4.33. The van der Waals surface area contributed by atoms with E-state index in [0.29, 0.717) is 0 Å². The average Bonchev–Trinajstić information content (AvgIpc) is 2.47. The molecule has 0 atom stereocenters. The van der Waals surface area contributed by atoms with Gasteiger partial charge in [-0.25, -0.2) is 0 Å². The van der Waals surface area contributed by atoms with E-state index in [1.54, 1.807) is 0 Å². The summed E-state index contributed by atoms with van der Waals surface area (Å²) in [4.78, 5) is 0. The molecule has 0 rings (SSSR count). The maximum Gasteiger partial charge on any atom is 0.0192 e. The normalized spacial score (nSPS) is 3.90. The van der Waals surface area contributed by atoms with E-state index >= 15 is 0 Å². The molecule has 0 aliphatic heterocycles. The number of hydrogen-bond donors (Lipinski definition) is 0. The standard InChI is InChI=1S/C18I2/c19-17-15-13-11-9-7-5-3-1-2-4-6-8-10-12-14-16-18-20. The molecule has 0 heterocycles. The second kappa shape index (κ2) is 16.5. The third-order valence-corrected chi connectivity index (χ3v) is 1.57. The van der Waals surface area contributed by atoms with Crippen molar-refractivity contribution in [2.45, 2.75) is 0 Å². The van der Waals surface area contributed by atoms with Gasteiger partial charge in [-0.3, -0.25) is 0 Å². The number of halogens is 2. The van der Waals surface area contributed by atoms with Crippen LogP contribution in [0.2, 0.25) is 0 Å². The minimum absolute atomic E-state index is 1.89.